The normalized spacial score (nSPS) is 16.4. The van der Waals surface area contributed by atoms with Crippen LogP contribution in [0.25, 0.3) is 0 Å². The van der Waals surface area contributed by atoms with Crippen LogP contribution < -0.4 is 16.1 Å². The van der Waals surface area contributed by atoms with Crippen LogP contribution in [0.1, 0.15) is 19.3 Å². The van der Waals surface area contributed by atoms with E-state index >= 15 is 0 Å². The predicted molar refractivity (Wildman–Crippen MR) is 60.8 cm³/mol. The quantitative estimate of drug-likeness (QED) is 0.637. The molecule has 0 amide bonds. The van der Waals surface area contributed by atoms with Crippen molar-refractivity contribution in [1.82, 2.24) is 9.71 Å². The summed E-state index contributed by atoms with van der Waals surface area (Å²) in [7, 11) is 0. The second-order valence-corrected chi connectivity index (χ2v) is 4.19. The Hall–Kier alpha value is -1.43. The summed E-state index contributed by atoms with van der Waals surface area (Å²) in [5.41, 5.74) is 5.27. The molecule has 0 aromatic carbocycles. The fourth-order valence-corrected chi connectivity index (χ4v) is 2.08. The summed E-state index contributed by atoms with van der Waals surface area (Å²) in [4.78, 5) is 6.02. The van der Waals surface area contributed by atoms with E-state index in [0.29, 0.717) is 10.5 Å². The molecule has 88 valence electrons. The van der Waals surface area contributed by atoms with Crippen molar-refractivity contribution in [1.29, 1.82) is 5.41 Å². The van der Waals surface area contributed by atoms with Crippen molar-refractivity contribution in [3.8, 4) is 0 Å². The number of hydrogen-bond donors (Lipinski definition) is 3. The molecular formula is C9H14ClN5O. The maximum absolute atomic E-state index is 9.35. The van der Waals surface area contributed by atoms with E-state index in [1.807, 2.05) is 4.90 Å². The van der Waals surface area contributed by atoms with Gasteiger partial charge in [-0.05, 0) is 19.3 Å². The number of hydrogen-bond acceptors (Lipinski definition) is 5. The molecule has 16 heavy (non-hydrogen) atoms. The topological polar surface area (TPSA) is 91.2 Å². The average molecular weight is 244 g/mol. The van der Waals surface area contributed by atoms with Gasteiger partial charge in [-0.1, -0.05) is 11.6 Å². The Morgan fingerprint density at radius 3 is 2.56 bits per heavy atom. The largest absolute Gasteiger partial charge is 0.423 e. The third kappa shape index (κ3) is 1.80. The van der Waals surface area contributed by atoms with E-state index in [9.17, 15) is 5.21 Å². The van der Waals surface area contributed by atoms with Crippen LogP contribution in [-0.2, 0) is 0 Å². The van der Waals surface area contributed by atoms with E-state index < -0.39 is 0 Å². The van der Waals surface area contributed by atoms with Gasteiger partial charge in [-0.25, -0.2) is 0 Å². The van der Waals surface area contributed by atoms with Gasteiger partial charge in [0, 0.05) is 13.1 Å². The Labute approximate surface area is 97.7 Å². The summed E-state index contributed by atoms with van der Waals surface area (Å²) in [6.07, 6.45) is 3.36. The van der Waals surface area contributed by atoms with Gasteiger partial charge in [0.2, 0.25) is 5.95 Å². The first-order chi connectivity index (χ1) is 7.61. The molecule has 7 heteroatoms. The van der Waals surface area contributed by atoms with Crippen molar-refractivity contribution < 1.29 is 5.21 Å². The summed E-state index contributed by atoms with van der Waals surface area (Å²) in [5.74, 6) is 0.379. The van der Waals surface area contributed by atoms with E-state index in [1.54, 1.807) is 0 Å². The smallest absolute Gasteiger partial charge is 0.238 e. The highest BCUT2D eigenvalue weighted by Crippen LogP contribution is 2.23. The van der Waals surface area contributed by atoms with Crippen molar-refractivity contribution in [2.45, 2.75) is 19.3 Å². The van der Waals surface area contributed by atoms with Crippen LogP contribution in [0.5, 0.6) is 0 Å². The first-order valence-corrected chi connectivity index (χ1v) is 5.56. The SMILES string of the molecule is N=c1c(Cl)c(N2CCCCC2)nc(N)n1O. The van der Waals surface area contributed by atoms with Gasteiger partial charge in [-0.2, -0.15) is 4.98 Å². The molecule has 0 bridgehead atoms. The number of anilines is 2. The number of aromatic nitrogens is 2. The second kappa shape index (κ2) is 4.21. The number of nitrogens with one attached hydrogen (secondary N) is 1. The van der Waals surface area contributed by atoms with E-state index in [4.69, 9.17) is 22.7 Å². The van der Waals surface area contributed by atoms with Crippen LogP contribution in [-0.4, -0.2) is 28.0 Å². The Balaban J connectivity index is 2.44. The van der Waals surface area contributed by atoms with E-state index in [0.717, 1.165) is 25.9 Å². The van der Waals surface area contributed by atoms with Gasteiger partial charge in [0.25, 0.3) is 0 Å². The molecular weight excluding hydrogens is 230 g/mol. The van der Waals surface area contributed by atoms with Gasteiger partial charge in [0.15, 0.2) is 11.3 Å². The lowest BCUT2D eigenvalue weighted by Crippen LogP contribution is -2.34. The van der Waals surface area contributed by atoms with E-state index in [-0.39, 0.29) is 16.5 Å². The number of piperidine rings is 1. The summed E-state index contributed by atoms with van der Waals surface area (Å²) in [6.45, 7) is 1.72. The molecule has 1 aromatic heterocycles. The highest BCUT2D eigenvalue weighted by Gasteiger charge is 2.18. The van der Waals surface area contributed by atoms with Gasteiger partial charge >= 0.3 is 0 Å². The van der Waals surface area contributed by atoms with Crippen LogP contribution in [0.15, 0.2) is 0 Å². The molecule has 1 saturated heterocycles. The van der Waals surface area contributed by atoms with E-state index in [2.05, 4.69) is 4.98 Å². The van der Waals surface area contributed by atoms with Gasteiger partial charge < -0.3 is 15.8 Å². The maximum Gasteiger partial charge on any atom is 0.238 e. The van der Waals surface area contributed by atoms with Crippen LogP contribution >= 0.6 is 11.6 Å². The van der Waals surface area contributed by atoms with Gasteiger partial charge in [-0.3, -0.25) is 5.41 Å². The van der Waals surface area contributed by atoms with Crippen molar-refractivity contribution in [3.05, 3.63) is 10.5 Å². The number of nitrogens with zero attached hydrogens (tertiary/aromatic N) is 3. The Kier molecular flexibility index (Phi) is 2.91. The molecule has 2 heterocycles. The second-order valence-electron chi connectivity index (χ2n) is 3.82. The van der Waals surface area contributed by atoms with Crippen molar-refractivity contribution in [2.75, 3.05) is 23.7 Å². The Morgan fingerprint density at radius 1 is 1.31 bits per heavy atom. The highest BCUT2D eigenvalue weighted by molar-refractivity contribution is 6.32. The van der Waals surface area contributed by atoms with Crippen molar-refractivity contribution in [2.24, 2.45) is 0 Å². The zero-order valence-electron chi connectivity index (χ0n) is 8.78. The molecule has 0 aliphatic carbocycles. The molecule has 0 radical (unpaired) electrons. The molecule has 0 saturated carbocycles. The lowest BCUT2D eigenvalue weighted by atomic mass is 10.1. The molecule has 6 nitrogen and oxygen atoms in total. The number of nitrogen functional groups attached to an aromatic ring is 1. The fraction of sp³-hybridized carbons (Fsp3) is 0.556. The standard InChI is InChI=1S/C9H14ClN5O/c10-6-7(11)15(16)9(12)13-8(6)14-4-2-1-3-5-14/h11,16H,1-5H2,(H2,12,13). The van der Waals surface area contributed by atoms with Gasteiger partial charge in [-0.15, -0.1) is 4.73 Å². The minimum Gasteiger partial charge on any atom is -0.423 e. The summed E-state index contributed by atoms with van der Waals surface area (Å²) >= 11 is 5.98. The molecule has 1 fully saturated rings. The molecule has 4 N–H and O–H groups in total. The van der Waals surface area contributed by atoms with E-state index in [1.165, 1.54) is 6.42 Å². The van der Waals surface area contributed by atoms with Crippen LogP contribution in [0.4, 0.5) is 11.8 Å². The number of rotatable bonds is 1. The minimum atomic E-state index is -0.227. The minimum absolute atomic E-state index is 0.116. The molecule has 1 aliphatic heterocycles. The summed E-state index contributed by atoms with van der Waals surface area (Å²) in [5, 5.41) is 17.1. The lowest BCUT2D eigenvalue weighted by molar-refractivity contribution is 0.174. The number of halogens is 1. The summed E-state index contributed by atoms with van der Waals surface area (Å²) < 4.78 is 0.482. The predicted octanol–water partition coefficient (Wildman–Crippen LogP) is 0.826. The first-order valence-electron chi connectivity index (χ1n) is 5.18. The third-order valence-corrected chi connectivity index (χ3v) is 3.06. The Morgan fingerprint density at radius 2 is 1.94 bits per heavy atom. The molecule has 0 unspecified atom stereocenters. The molecule has 1 aliphatic rings. The monoisotopic (exact) mass is 243 g/mol. The highest BCUT2D eigenvalue weighted by atomic mass is 35.5. The van der Waals surface area contributed by atoms with Crippen molar-refractivity contribution >= 4 is 23.4 Å². The van der Waals surface area contributed by atoms with Crippen LogP contribution in [0.3, 0.4) is 0 Å². The van der Waals surface area contributed by atoms with Gasteiger partial charge in [0.1, 0.15) is 5.02 Å². The fourth-order valence-electron chi connectivity index (χ4n) is 1.83. The molecule has 0 spiro atoms. The van der Waals surface area contributed by atoms with Gasteiger partial charge in [0.05, 0.1) is 0 Å². The molecule has 2 rings (SSSR count). The number of nitrogens with two attached hydrogens (primary N) is 1. The zero-order valence-corrected chi connectivity index (χ0v) is 9.54. The lowest BCUT2D eigenvalue weighted by Gasteiger charge is -2.28. The average Bonchev–Trinajstić information content (AvgIpc) is 2.32. The third-order valence-electron chi connectivity index (χ3n) is 2.71. The van der Waals surface area contributed by atoms with Crippen molar-refractivity contribution in [3.63, 3.8) is 0 Å². The molecule has 0 atom stereocenters. The van der Waals surface area contributed by atoms with Crippen LogP contribution in [0, 0.1) is 5.41 Å². The summed E-state index contributed by atoms with van der Waals surface area (Å²) in [6, 6.07) is 0. The Bertz CT molecular complexity index is 452. The van der Waals surface area contributed by atoms with Crippen LogP contribution in [0.2, 0.25) is 5.02 Å². The maximum atomic E-state index is 9.35. The first kappa shape index (κ1) is 11.1. The zero-order chi connectivity index (χ0) is 11.7. The molecule has 1 aromatic rings.